The SMILES string of the molecule is Cc1c(CC=CN(C=CCc2[nH]c(=O)c3c(ccc4nc(Nc5c(Cl)cccc5Cl)n(C)c43)c2C)C(=O)NNS(C)(=O)=O)[nH]c(=O)c2c1ccc1nc(Nc3c(Cl)cccc3Cl)n(C)c12. The Balaban J connectivity index is 1.06. The first kappa shape index (κ1) is 45.2. The van der Waals surface area contributed by atoms with E-state index in [2.05, 4.69) is 26.0 Å². The first-order chi connectivity index (χ1) is 30.9. The number of hydrogen-bond donors (Lipinski definition) is 6. The number of aromatic nitrogens is 6. The summed E-state index contributed by atoms with van der Waals surface area (Å²) < 4.78 is 27.2. The predicted octanol–water partition coefficient (Wildman–Crippen LogP) is 9.15. The number of hydrazine groups is 1. The standard InChI is InChI=1S/C44H39Cl4N11O5S/c1-22-24-16-18-32-38(57(3)42(51-32)53-36-26(45)10-6-11-27(36)46)34(24)40(60)49-30(22)14-8-20-59(44(62)55-56-65(5,63)64)21-9-15-31-23(2)25-17-19-33-39(35(25)41(61)50-31)58(4)43(52-33)54-37-28(47)12-7-13-29(37)48/h6-13,16-21,56H,14-15H2,1-5H3,(H,49,60)(H,50,61)(H,51,53)(H,52,54)(H,55,62). The zero-order chi connectivity index (χ0) is 46.5. The van der Waals surface area contributed by atoms with Crippen molar-refractivity contribution in [1.82, 2.24) is 44.2 Å². The van der Waals surface area contributed by atoms with Gasteiger partial charge in [-0.2, -0.15) is 0 Å². The first-order valence-electron chi connectivity index (χ1n) is 19.7. The van der Waals surface area contributed by atoms with Crippen LogP contribution in [0.4, 0.5) is 28.1 Å². The van der Waals surface area contributed by atoms with Gasteiger partial charge in [0, 0.05) is 50.7 Å². The molecule has 0 radical (unpaired) electrons. The average Bonchev–Trinajstić information content (AvgIpc) is 3.75. The van der Waals surface area contributed by atoms with Gasteiger partial charge in [-0.25, -0.2) is 23.2 Å². The Morgan fingerprint density at radius 1 is 0.692 bits per heavy atom. The van der Waals surface area contributed by atoms with Crippen LogP contribution in [-0.4, -0.2) is 54.7 Å². The molecule has 0 bridgehead atoms. The Bertz CT molecular complexity index is 3310. The molecule has 4 aromatic heterocycles. The van der Waals surface area contributed by atoms with Crippen molar-refractivity contribution < 1.29 is 13.2 Å². The topological polar surface area (TPSA) is 204 Å². The van der Waals surface area contributed by atoms with Gasteiger partial charge in [0.05, 0.1) is 70.6 Å². The van der Waals surface area contributed by atoms with Gasteiger partial charge in [-0.05, 0) is 72.1 Å². The number of halogens is 4. The highest BCUT2D eigenvalue weighted by molar-refractivity contribution is 7.88. The zero-order valence-electron chi connectivity index (χ0n) is 35.2. The molecule has 0 spiro atoms. The van der Waals surface area contributed by atoms with E-state index in [-0.39, 0.29) is 24.0 Å². The van der Waals surface area contributed by atoms with Gasteiger partial charge in [-0.1, -0.05) is 82.8 Å². The van der Waals surface area contributed by atoms with E-state index < -0.39 is 16.1 Å². The Hall–Kier alpha value is -6.34. The van der Waals surface area contributed by atoms with Crippen molar-refractivity contribution in [2.75, 3.05) is 16.9 Å². The fraction of sp³-hybridized carbons (Fsp3) is 0.159. The molecule has 65 heavy (non-hydrogen) atoms. The number of H-pyrrole nitrogens is 2. The average molecular weight is 976 g/mol. The van der Waals surface area contributed by atoms with E-state index in [0.717, 1.165) is 22.3 Å². The number of rotatable bonds is 12. The number of allylic oxidation sites excluding steroid dienone is 2. The summed E-state index contributed by atoms with van der Waals surface area (Å²) in [5, 5.41) is 10.3. The van der Waals surface area contributed by atoms with Crippen molar-refractivity contribution in [2.24, 2.45) is 14.1 Å². The second-order valence-electron chi connectivity index (χ2n) is 15.1. The smallest absolute Gasteiger partial charge is 0.325 e. The van der Waals surface area contributed by atoms with Crippen molar-refractivity contribution in [1.29, 1.82) is 0 Å². The molecule has 8 aromatic rings. The summed E-state index contributed by atoms with van der Waals surface area (Å²) in [6, 6.07) is 16.8. The molecule has 0 aliphatic rings. The van der Waals surface area contributed by atoms with Crippen LogP contribution in [0, 0.1) is 13.8 Å². The zero-order valence-corrected chi connectivity index (χ0v) is 39.0. The third-order valence-electron chi connectivity index (χ3n) is 10.9. The van der Waals surface area contributed by atoms with E-state index in [9.17, 15) is 22.8 Å². The fourth-order valence-corrected chi connectivity index (χ4v) is 8.91. The number of amides is 2. The van der Waals surface area contributed by atoms with Crippen LogP contribution in [-0.2, 0) is 37.0 Å². The van der Waals surface area contributed by atoms with Crippen molar-refractivity contribution >= 4 is 129 Å². The van der Waals surface area contributed by atoms with Gasteiger partial charge in [0.15, 0.2) is 0 Å². The maximum Gasteiger partial charge on any atom is 0.340 e. The van der Waals surface area contributed by atoms with Gasteiger partial charge in [0.2, 0.25) is 21.9 Å². The number of benzene rings is 4. The maximum absolute atomic E-state index is 13.8. The highest BCUT2D eigenvalue weighted by Gasteiger charge is 2.20. The van der Waals surface area contributed by atoms with E-state index in [0.29, 0.717) is 98.4 Å². The summed E-state index contributed by atoms with van der Waals surface area (Å²) in [4.78, 5) is 59.4. The molecule has 4 heterocycles. The largest absolute Gasteiger partial charge is 0.340 e. The molecule has 334 valence electrons. The van der Waals surface area contributed by atoms with Crippen molar-refractivity contribution in [3.63, 3.8) is 0 Å². The number of aromatic amines is 2. The van der Waals surface area contributed by atoms with Crippen LogP contribution in [0.3, 0.4) is 0 Å². The minimum atomic E-state index is -3.80. The number of pyridine rings is 2. The number of fused-ring (bicyclic) bond motifs is 6. The molecular weight excluding hydrogens is 936 g/mol. The summed E-state index contributed by atoms with van der Waals surface area (Å²) in [5.74, 6) is 0.862. The number of anilines is 4. The number of carbonyl (C=O) groups is 1. The van der Waals surface area contributed by atoms with Crippen LogP contribution in [0.2, 0.25) is 20.1 Å². The number of nitrogens with one attached hydrogen (secondary N) is 6. The number of para-hydroxylation sites is 2. The van der Waals surface area contributed by atoms with Crippen molar-refractivity contribution in [3.8, 4) is 0 Å². The third-order valence-corrected chi connectivity index (χ3v) is 12.7. The molecular formula is C44H39Cl4N11O5S. The van der Waals surface area contributed by atoms with Gasteiger partial charge < -0.3 is 29.7 Å². The van der Waals surface area contributed by atoms with Crippen LogP contribution in [0.15, 0.2) is 94.8 Å². The minimum absolute atomic E-state index is 0.192. The maximum atomic E-state index is 13.8. The highest BCUT2D eigenvalue weighted by Crippen LogP contribution is 2.36. The fourth-order valence-electron chi connectivity index (χ4n) is 7.65. The van der Waals surface area contributed by atoms with Gasteiger partial charge >= 0.3 is 6.03 Å². The summed E-state index contributed by atoms with van der Waals surface area (Å²) in [7, 11) is -0.229. The predicted molar refractivity (Wildman–Crippen MR) is 261 cm³/mol. The third kappa shape index (κ3) is 8.90. The van der Waals surface area contributed by atoms with Crippen molar-refractivity contribution in [2.45, 2.75) is 26.7 Å². The first-order valence-corrected chi connectivity index (χ1v) is 23.1. The molecule has 0 fully saturated rings. The highest BCUT2D eigenvalue weighted by atomic mass is 35.5. The van der Waals surface area contributed by atoms with Crippen LogP contribution in [0.25, 0.3) is 43.6 Å². The lowest BCUT2D eigenvalue weighted by atomic mass is 10.0. The summed E-state index contributed by atoms with van der Waals surface area (Å²) in [5.41, 5.74) is 7.56. The summed E-state index contributed by atoms with van der Waals surface area (Å²) in [6.07, 6.45) is 7.47. The Morgan fingerprint density at radius 3 is 1.48 bits per heavy atom. The number of nitrogens with zero attached hydrogens (tertiary/aromatic N) is 5. The molecule has 0 aliphatic heterocycles. The van der Waals surface area contributed by atoms with Crippen LogP contribution in [0.1, 0.15) is 22.5 Å². The van der Waals surface area contributed by atoms with Gasteiger partial charge in [-0.15, -0.1) is 4.83 Å². The molecule has 2 amide bonds. The second-order valence-corrected chi connectivity index (χ2v) is 18.5. The molecule has 0 unspecified atom stereocenters. The van der Waals surface area contributed by atoms with E-state index in [1.54, 1.807) is 71.8 Å². The van der Waals surface area contributed by atoms with E-state index in [1.807, 2.05) is 42.9 Å². The molecule has 21 heteroatoms. The van der Waals surface area contributed by atoms with Crippen molar-refractivity contribution in [3.05, 3.63) is 149 Å². The van der Waals surface area contributed by atoms with E-state index >= 15 is 0 Å². The van der Waals surface area contributed by atoms with Crippen LogP contribution >= 0.6 is 46.4 Å². The van der Waals surface area contributed by atoms with Crippen LogP contribution in [0.5, 0.6) is 0 Å². The lowest BCUT2D eigenvalue weighted by molar-refractivity contribution is 0.224. The Labute approximate surface area is 390 Å². The quantitative estimate of drug-likeness (QED) is 0.0645. The molecule has 0 saturated heterocycles. The number of imidazole rings is 2. The second kappa shape index (κ2) is 17.9. The molecule has 16 nitrogen and oxygen atoms in total. The number of carbonyl (C=O) groups excluding carboxylic acids is 1. The number of urea groups is 1. The monoisotopic (exact) mass is 973 g/mol. The Morgan fingerprint density at radius 2 is 1.09 bits per heavy atom. The lowest BCUT2D eigenvalue weighted by Gasteiger charge is -2.15. The number of sulfonamides is 1. The van der Waals surface area contributed by atoms with Gasteiger partial charge in [-0.3, -0.25) is 19.9 Å². The molecule has 0 saturated carbocycles. The molecule has 0 atom stereocenters. The molecule has 0 aliphatic carbocycles. The van der Waals surface area contributed by atoms with Gasteiger partial charge in [0.25, 0.3) is 11.1 Å². The van der Waals surface area contributed by atoms with Crippen LogP contribution < -0.4 is 32.0 Å². The number of aryl methyl sites for hydroxylation is 4. The molecule has 8 rings (SSSR count). The lowest BCUT2D eigenvalue weighted by Crippen LogP contribution is -2.45. The Kier molecular flexibility index (Phi) is 12.5. The minimum Gasteiger partial charge on any atom is -0.325 e. The normalized spacial score (nSPS) is 12.1. The summed E-state index contributed by atoms with van der Waals surface area (Å²) >= 11 is 25.6. The van der Waals surface area contributed by atoms with E-state index in [1.165, 1.54) is 12.4 Å². The molecule has 6 N–H and O–H groups in total. The van der Waals surface area contributed by atoms with E-state index in [4.69, 9.17) is 56.4 Å². The summed E-state index contributed by atoms with van der Waals surface area (Å²) in [6.45, 7) is 3.76. The molecule has 4 aromatic carbocycles. The van der Waals surface area contributed by atoms with Gasteiger partial charge in [0.1, 0.15) is 0 Å². The number of hydrogen-bond acceptors (Lipinski definition) is 9.